The molecule has 162 valence electrons. The van der Waals surface area contributed by atoms with Gasteiger partial charge in [-0.1, -0.05) is 30.7 Å². The molecule has 3 heterocycles. The van der Waals surface area contributed by atoms with Crippen molar-refractivity contribution < 1.29 is 9.84 Å². The minimum Gasteiger partial charge on any atom is -0.489 e. The molecule has 1 aliphatic carbocycles. The van der Waals surface area contributed by atoms with E-state index in [0.29, 0.717) is 6.61 Å². The van der Waals surface area contributed by atoms with Crippen LogP contribution in [0.4, 0.5) is 0 Å². The summed E-state index contributed by atoms with van der Waals surface area (Å²) in [5.74, 6) is 2.14. The zero-order valence-corrected chi connectivity index (χ0v) is 18.0. The minimum absolute atomic E-state index is 0.199. The molecule has 6 nitrogen and oxygen atoms in total. The predicted molar refractivity (Wildman–Crippen MR) is 118 cm³/mol. The number of nitrogens with zero attached hydrogens (tertiary/aromatic N) is 4. The number of ether oxygens (including phenoxy) is 1. The normalized spacial score (nSPS) is 26.0. The lowest BCUT2D eigenvalue weighted by Crippen LogP contribution is -2.58. The highest BCUT2D eigenvalue weighted by atomic mass is 16.5. The van der Waals surface area contributed by atoms with Crippen molar-refractivity contribution in [1.29, 1.82) is 0 Å². The highest BCUT2D eigenvalue weighted by Crippen LogP contribution is 2.48. The third kappa shape index (κ3) is 3.86. The van der Waals surface area contributed by atoms with Crippen LogP contribution >= 0.6 is 0 Å². The van der Waals surface area contributed by atoms with Gasteiger partial charge in [-0.05, 0) is 25.0 Å². The Labute approximate surface area is 183 Å². The summed E-state index contributed by atoms with van der Waals surface area (Å²) in [6, 6.07) is 12.2. The summed E-state index contributed by atoms with van der Waals surface area (Å²) >= 11 is 0. The predicted octanol–water partition coefficient (Wildman–Crippen LogP) is 3.51. The molecule has 1 aromatic carbocycles. The summed E-state index contributed by atoms with van der Waals surface area (Å²) < 4.78 is 8.13. The van der Waals surface area contributed by atoms with Gasteiger partial charge in [0.05, 0.1) is 0 Å². The molecule has 0 amide bonds. The lowest BCUT2D eigenvalue weighted by Gasteiger charge is -2.52. The van der Waals surface area contributed by atoms with Crippen LogP contribution in [0.25, 0.3) is 0 Å². The average Bonchev–Trinajstić information content (AvgIpc) is 3.21. The standard InChI is InChI=1S/C25H30N4O2/c1-28-13-12-27-24(28)25(30)21-8-4-9-22(25)17-29(16-21)15-20-7-2-3-10-23(20)31-18-19-6-5-11-26-14-19/h2-3,5-7,10-14,21-22,30H,4,8-9,15-18H2,1H3/t21-,22+,25?. The van der Waals surface area contributed by atoms with Crippen molar-refractivity contribution in [3.8, 4) is 5.75 Å². The maximum atomic E-state index is 11.8. The number of piperidine rings is 1. The van der Waals surface area contributed by atoms with Gasteiger partial charge < -0.3 is 14.4 Å². The summed E-state index contributed by atoms with van der Waals surface area (Å²) in [7, 11) is 1.98. The molecule has 6 heteroatoms. The maximum Gasteiger partial charge on any atom is 0.141 e. The number of hydrogen-bond donors (Lipinski definition) is 1. The Morgan fingerprint density at radius 2 is 1.90 bits per heavy atom. The van der Waals surface area contributed by atoms with Crippen LogP contribution in [-0.2, 0) is 25.8 Å². The van der Waals surface area contributed by atoms with Crippen molar-refractivity contribution in [2.75, 3.05) is 13.1 Å². The van der Waals surface area contributed by atoms with E-state index in [1.54, 1.807) is 12.4 Å². The van der Waals surface area contributed by atoms with Gasteiger partial charge in [-0.15, -0.1) is 0 Å². The molecule has 1 unspecified atom stereocenters. The molecular formula is C25H30N4O2. The fraction of sp³-hybridized carbons (Fsp3) is 0.440. The van der Waals surface area contributed by atoms with E-state index >= 15 is 0 Å². The zero-order chi connectivity index (χ0) is 21.3. The van der Waals surface area contributed by atoms with Gasteiger partial charge in [0, 0.05) is 74.4 Å². The molecule has 3 atom stereocenters. The average molecular weight is 419 g/mol. The van der Waals surface area contributed by atoms with E-state index in [2.05, 4.69) is 27.0 Å². The van der Waals surface area contributed by atoms with Gasteiger partial charge in [-0.25, -0.2) is 4.98 Å². The van der Waals surface area contributed by atoms with Crippen LogP contribution in [0.15, 0.2) is 61.2 Å². The Bertz CT molecular complexity index is 1010. The molecule has 2 fully saturated rings. The monoisotopic (exact) mass is 418 g/mol. The third-order valence-electron chi connectivity index (χ3n) is 6.97. The van der Waals surface area contributed by atoms with Gasteiger partial charge in [0.2, 0.25) is 0 Å². The van der Waals surface area contributed by atoms with Crippen LogP contribution in [0.2, 0.25) is 0 Å². The van der Waals surface area contributed by atoms with E-state index < -0.39 is 5.60 Å². The largest absolute Gasteiger partial charge is 0.489 e. The summed E-state index contributed by atoms with van der Waals surface area (Å²) in [4.78, 5) is 11.2. The number of rotatable bonds is 6. The summed E-state index contributed by atoms with van der Waals surface area (Å²) in [5.41, 5.74) is 1.42. The molecular weight excluding hydrogens is 388 g/mol. The SMILES string of the molecule is Cn1ccnc1C1(O)[C@@H]2CCC[C@H]1CN(Cc1ccccc1OCc1cccnc1)C2. The lowest BCUT2D eigenvalue weighted by molar-refractivity contribution is -0.155. The van der Waals surface area contributed by atoms with Gasteiger partial charge in [-0.3, -0.25) is 9.88 Å². The fourth-order valence-electron chi connectivity index (χ4n) is 5.45. The van der Waals surface area contributed by atoms with Crippen LogP contribution in [-0.4, -0.2) is 37.6 Å². The second-order valence-electron chi connectivity index (χ2n) is 8.96. The van der Waals surface area contributed by atoms with E-state index in [1.807, 2.05) is 48.3 Å². The highest BCUT2D eigenvalue weighted by molar-refractivity contribution is 5.33. The van der Waals surface area contributed by atoms with Crippen molar-refractivity contribution >= 4 is 0 Å². The highest BCUT2D eigenvalue weighted by Gasteiger charge is 2.53. The number of likely N-dealkylation sites (tertiary alicyclic amines) is 1. The van der Waals surface area contributed by atoms with E-state index in [1.165, 1.54) is 12.0 Å². The molecule has 3 aromatic rings. The molecule has 1 saturated heterocycles. The number of para-hydroxylation sites is 1. The summed E-state index contributed by atoms with van der Waals surface area (Å²) in [6.07, 6.45) is 10.6. The van der Waals surface area contributed by atoms with Crippen LogP contribution in [0.3, 0.4) is 0 Å². The number of imidazole rings is 1. The molecule has 2 aromatic heterocycles. The number of hydrogen-bond acceptors (Lipinski definition) is 5. The molecule has 1 N–H and O–H groups in total. The fourth-order valence-corrected chi connectivity index (χ4v) is 5.45. The smallest absolute Gasteiger partial charge is 0.141 e. The summed E-state index contributed by atoms with van der Waals surface area (Å²) in [5, 5.41) is 11.8. The first-order chi connectivity index (χ1) is 15.1. The Balaban J connectivity index is 1.32. The lowest BCUT2D eigenvalue weighted by atomic mass is 9.65. The second kappa shape index (κ2) is 8.44. The zero-order valence-electron chi connectivity index (χ0n) is 18.0. The van der Waals surface area contributed by atoms with E-state index in [4.69, 9.17) is 4.74 Å². The molecule has 1 saturated carbocycles. The Hall–Kier alpha value is -2.70. The number of aryl methyl sites for hydroxylation is 1. The third-order valence-corrected chi connectivity index (χ3v) is 6.97. The van der Waals surface area contributed by atoms with Gasteiger partial charge in [0.25, 0.3) is 0 Å². The van der Waals surface area contributed by atoms with Gasteiger partial charge in [0.15, 0.2) is 0 Å². The van der Waals surface area contributed by atoms with Crippen LogP contribution in [0.1, 0.15) is 36.2 Å². The molecule has 0 spiro atoms. The van der Waals surface area contributed by atoms with Crippen molar-refractivity contribution in [3.63, 3.8) is 0 Å². The van der Waals surface area contributed by atoms with Gasteiger partial charge >= 0.3 is 0 Å². The number of benzene rings is 1. The van der Waals surface area contributed by atoms with Crippen LogP contribution in [0, 0.1) is 11.8 Å². The van der Waals surface area contributed by atoms with Crippen LogP contribution < -0.4 is 4.74 Å². The van der Waals surface area contributed by atoms with Gasteiger partial charge in [-0.2, -0.15) is 0 Å². The quantitative estimate of drug-likeness (QED) is 0.664. The molecule has 1 aliphatic heterocycles. The minimum atomic E-state index is -0.830. The van der Waals surface area contributed by atoms with Crippen LogP contribution in [0.5, 0.6) is 5.75 Å². The topological polar surface area (TPSA) is 63.4 Å². The Morgan fingerprint density at radius 1 is 1.10 bits per heavy atom. The number of pyridine rings is 1. The van der Waals surface area contributed by atoms with Crippen molar-refractivity contribution in [2.45, 2.75) is 38.0 Å². The van der Waals surface area contributed by atoms with E-state index in [9.17, 15) is 5.11 Å². The second-order valence-corrected chi connectivity index (χ2v) is 8.96. The van der Waals surface area contributed by atoms with Crippen molar-refractivity contribution in [2.24, 2.45) is 18.9 Å². The van der Waals surface area contributed by atoms with Gasteiger partial charge in [0.1, 0.15) is 23.8 Å². The molecule has 5 rings (SSSR count). The molecule has 31 heavy (non-hydrogen) atoms. The molecule has 2 aliphatic rings. The van der Waals surface area contributed by atoms with Crippen molar-refractivity contribution in [3.05, 3.63) is 78.1 Å². The summed E-state index contributed by atoms with van der Waals surface area (Å²) in [6.45, 7) is 3.08. The molecule has 2 bridgehead atoms. The van der Waals surface area contributed by atoms with E-state index in [-0.39, 0.29) is 11.8 Å². The van der Waals surface area contributed by atoms with Crippen molar-refractivity contribution in [1.82, 2.24) is 19.4 Å². The number of aliphatic hydroxyl groups is 1. The number of aromatic nitrogens is 3. The Kier molecular flexibility index (Phi) is 5.50. The van der Waals surface area contributed by atoms with E-state index in [0.717, 1.165) is 49.6 Å². The molecule has 0 radical (unpaired) electrons. The maximum absolute atomic E-state index is 11.8. The first-order valence-corrected chi connectivity index (χ1v) is 11.2. The number of fused-ring (bicyclic) bond motifs is 2. The first-order valence-electron chi connectivity index (χ1n) is 11.2. The Morgan fingerprint density at radius 3 is 2.61 bits per heavy atom. The first kappa shape index (κ1) is 20.2.